The van der Waals surface area contributed by atoms with Crippen LogP contribution in [0.25, 0.3) is 33.6 Å². The van der Waals surface area contributed by atoms with Gasteiger partial charge in [-0.1, -0.05) is 60.7 Å². The first-order valence-electron chi connectivity index (χ1n) is 9.97. The fourth-order valence-electron chi connectivity index (χ4n) is 4.04. The molecule has 1 atom stereocenters. The lowest BCUT2D eigenvalue weighted by Crippen LogP contribution is -2.25. The summed E-state index contributed by atoms with van der Waals surface area (Å²) in [7, 11) is -3.04. The maximum Gasteiger partial charge on any atom is 0.232 e. The van der Waals surface area contributed by atoms with Crippen LogP contribution in [0.5, 0.6) is 0 Å². The molecule has 0 aliphatic carbocycles. The molecule has 1 aliphatic heterocycles. The van der Waals surface area contributed by atoms with Crippen molar-refractivity contribution in [3.05, 3.63) is 67.0 Å². The third-order valence-electron chi connectivity index (χ3n) is 5.55. The van der Waals surface area contributed by atoms with Crippen molar-refractivity contribution in [1.29, 1.82) is 0 Å². The van der Waals surface area contributed by atoms with Gasteiger partial charge in [-0.25, -0.2) is 18.4 Å². The Bertz CT molecular complexity index is 1290. The Kier molecular flexibility index (Phi) is 4.75. The minimum atomic E-state index is -3.04. The van der Waals surface area contributed by atoms with Crippen molar-refractivity contribution in [1.82, 2.24) is 9.97 Å². The van der Waals surface area contributed by atoms with Gasteiger partial charge in [-0.05, 0) is 18.4 Å². The van der Waals surface area contributed by atoms with Crippen LogP contribution in [-0.4, -0.2) is 35.9 Å². The first-order valence-corrected chi connectivity index (χ1v) is 11.7. The van der Waals surface area contributed by atoms with Crippen LogP contribution in [0.3, 0.4) is 0 Å². The average Bonchev–Trinajstić information content (AvgIpc) is 3.33. The lowest BCUT2D eigenvalue weighted by atomic mass is 9.99. The van der Waals surface area contributed by atoms with Crippen LogP contribution in [0, 0.1) is 0 Å². The van der Waals surface area contributed by atoms with E-state index in [9.17, 15) is 8.42 Å². The van der Waals surface area contributed by atoms with E-state index in [2.05, 4.69) is 15.3 Å². The molecule has 0 radical (unpaired) electrons. The summed E-state index contributed by atoms with van der Waals surface area (Å²) in [6, 6.07) is 19.9. The van der Waals surface area contributed by atoms with Crippen LogP contribution in [0.1, 0.15) is 12.8 Å². The summed E-state index contributed by atoms with van der Waals surface area (Å²) in [6.45, 7) is 0.328. The molecule has 0 bridgehead atoms. The van der Waals surface area contributed by atoms with Gasteiger partial charge < -0.3 is 9.73 Å². The summed E-state index contributed by atoms with van der Waals surface area (Å²) in [5.41, 5.74) is 3.30. The molecule has 1 saturated heterocycles. The van der Waals surface area contributed by atoms with Gasteiger partial charge in [-0.3, -0.25) is 0 Å². The second-order valence-corrected chi connectivity index (χ2v) is 9.85. The monoisotopic (exact) mass is 419 g/mol. The number of nitrogens with zero attached hydrogens (tertiary/aromatic N) is 2. The molecule has 0 amide bonds. The zero-order chi connectivity index (χ0) is 20.6. The van der Waals surface area contributed by atoms with Crippen molar-refractivity contribution in [3.8, 4) is 22.5 Å². The predicted octanol–water partition coefficient (Wildman–Crippen LogP) is 4.55. The number of nitrogens with one attached hydrogen (secondary N) is 1. The van der Waals surface area contributed by atoms with Crippen molar-refractivity contribution in [2.45, 2.75) is 18.1 Å². The van der Waals surface area contributed by atoms with Crippen LogP contribution >= 0.6 is 0 Å². The molecular formula is C23H21N3O3S. The van der Waals surface area contributed by atoms with Crippen molar-refractivity contribution in [3.63, 3.8) is 0 Å². The van der Waals surface area contributed by atoms with E-state index in [1.165, 1.54) is 6.33 Å². The highest BCUT2D eigenvalue weighted by Crippen LogP contribution is 2.42. The fourth-order valence-corrected chi connectivity index (χ4v) is 5.80. The Balaban J connectivity index is 1.65. The Labute approximate surface area is 174 Å². The average molecular weight is 420 g/mol. The van der Waals surface area contributed by atoms with Crippen LogP contribution in [0.15, 0.2) is 71.4 Å². The van der Waals surface area contributed by atoms with Gasteiger partial charge in [0.15, 0.2) is 9.84 Å². The maximum absolute atomic E-state index is 12.2. The van der Waals surface area contributed by atoms with Gasteiger partial charge in [0.25, 0.3) is 0 Å². The molecule has 3 heterocycles. The number of aromatic nitrogens is 2. The molecule has 1 fully saturated rings. The highest BCUT2D eigenvalue weighted by molar-refractivity contribution is 7.92. The van der Waals surface area contributed by atoms with E-state index >= 15 is 0 Å². The smallest absolute Gasteiger partial charge is 0.232 e. The van der Waals surface area contributed by atoms with Crippen LogP contribution in [-0.2, 0) is 9.84 Å². The summed E-state index contributed by atoms with van der Waals surface area (Å²) in [5, 5.41) is 3.65. The molecule has 30 heavy (non-hydrogen) atoms. The minimum absolute atomic E-state index is 0.262. The van der Waals surface area contributed by atoms with E-state index in [-0.39, 0.29) is 11.0 Å². The van der Waals surface area contributed by atoms with E-state index in [1.54, 1.807) is 0 Å². The molecule has 4 aromatic rings. The molecule has 1 N–H and O–H groups in total. The van der Waals surface area contributed by atoms with Crippen molar-refractivity contribution in [2.24, 2.45) is 0 Å². The molecule has 7 heteroatoms. The second-order valence-electron chi connectivity index (χ2n) is 7.45. The first kappa shape index (κ1) is 18.8. The predicted molar refractivity (Wildman–Crippen MR) is 118 cm³/mol. The Morgan fingerprint density at radius 3 is 2.33 bits per heavy atom. The Hall–Kier alpha value is -3.19. The number of benzene rings is 2. The van der Waals surface area contributed by atoms with Gasteiger partial charge >= 0.3 is 0 Å². The quantitative estimate of drug-likeness (QED) is 0.511. The van der Waals surface area contributed by atoms with Gasteiger partial charge in [-0.2, -0.15) is 0 Å². The number of rotatable bonds is 5. The Morgan fingerprint density at radius 1 is 0.967 bits per heavy atom. The minimum Gasteiger partial charge on any atom is -0.437 e. The number of fused-ring (bicyclic) bond motifs is 1. The topological polar surface area (TPSA) is 85.1 Å². The van der Waals surface area contributed by atoms with E-state index < -0.39 is 9.84 Å². The number of furan rings is 1. The summed E-state index contributed by atoms with van der Waals surface area (Å²) in [6.07, 6.45) is 2.84. The number of hydrogen-bond donors (Lipinski definition) is 1. The second kappa shape index (κ2) is 7.57. The van der Waals surface area contributed by atoms with Gasteiger partial charge in [0, 0.05) is 17.7 Å². The molecule has 2 aromatic carbocycles. The van der Waals surface area contributed by atoms with E-state index in [0.29, 0.717) is 36.7 Å². The number of anilines is 1. The molecule has 1 unspecified atom stereocenters. The maximum atomic E-state index is 12.2. The molecule has 5 rings (SSSR count). The van der Waals surface area contributed by atoms with Crippen molar-refractivity contribution < 1.29 is 12.8 Å². The molecule has 1 aliphatic rings. The van der Waals surface area contributed by atoms with E-state index in [0.717, 1.165) is 22.1 Å². The third kappa shape index (κ3) is 3.35. The molecular weight excluding hydrogens is 398 g/mol. The molecule has 0 spiro atoms. The molecule has 152 valence electrons. The van der Waals surface area contributed by atoms with Gasteiger partial charge in [0.1, 0.15) is 17.9 Å². The lowest BCUT2D eigenvalue weighted by molar-refractivity contribution is 0.591. The summed E-state index contributed by atoms with van der Waals surface area (Å²) >= 11 is 0. The highest BCUT2D eigenvalue weighted by atomic mass is 32.2. The van der Waals surface area contributed by atoms with Crippen LogP contribution in [0.4, 0.5) is 5.82 Å². The lowest BCUT2D eigenvalue weighted by Gasteiger charge is -2.12. The normalized spacial score (nSPS) is 17.9. The van der Waals surface area contributed by atoms with Crippen molar-refractivity contribution in [2.75, 3.05) is 17.6 Å². The third-order valence-corrected chi connectivity index (χ3v) is 7.82. The van der Waals surface area contributed by atoms with Crippen LogP contribution < -0.4 is 5.32 Å². The SMILES string of the molecule is O=S1(=O)CCCC1CNc1ncnc2oc(-c3ccccc3)c(-c3ccccc3)c12. The number of sulfone groups is 1. The first-order chi connectivity index (χ1) is 14.6. The van der Waals surface area contributed by atoms with Crippen molar-refractivity contribution >= 4 is 26.8 Å². The molecule has 0 saturated carbocycles. The Morgan fingerprint density at radius 2 is 1.67 bits per heavy atom. The zero-order valence-electron chi connectivity index (χ0n) is 16.3. The molecule has 6 nitrogen and oxygen atoms in total. The summed E-state index contributed by atoms with van der Waals surface area (Å²) < 4.78 is 30.6. The van der Waals surface area contributed by atoms with Gasteiger partial charge in [-0.15, -0.1) is 0 Å². The highest BCUT2D eigenvalue weighted by Gasteiger charge is 2.31. The summed E-state index contributed by atoms with van der Waals surface area (Å²) in [5.74, 6) is 1.57. The van der Waals surface area contributed by atoms with E-state index in [4.69, 9.17) is 4.42 Å². The zero-order valence-corrected chi connectivity index (χ0v) is 17.1. The fraction of sp³-hybridized carbons (Fsp3) is 0.217. The largest absolute Gasteiger partial charge is 0.437 e. The standard InChI is InChI=1S/C23H21N3O3S/c27-30(28)13-7-12-18(30)14-24-22-20-19(16-8-3-1-4-9-16)21(17-10-5-2-6-11-17)29-23(20)26-15-25-22/h1-6,8-11,15,18H,7,12-14H2,(H,24,25,26). The van der Waals surface area contributed by atoms with Crippen LogP contribution in [0.2, 0.25) is 0 Å². The van der Waals surface area contributed by atoms with Gasteiger partial charge in [0.2, 0.25) is 5.71 Å². The summed E-state index contributed by atoms with van der Waals surface area (Å²) in [4.78, 5) is 8.78. The van der Waals surface area contributed by atoms with Gasteiger partial charge in [0.05, 0.1) is 16.4 Å². The molecule has 2 aromatic heterocycles. The number of hydrogen-bond acceptors (Lipinski definition) is 6. The van der Waals surface area contributed by atoms with E-state index in [1.807, 2.05) is 60.7 Å².